The number of nitrogens with zero attached hydrogens (tertiary/aromatic N) is 1. The number of hydrogen-bond donors (Lipinski definition) is 1. The molecule has 0 atom stereocenters. The van der Waals surface area contributed by atoms with Crippen molar-refractivity contribution in [1.82, 2.24) is 4.31 Å². The number of rotatable bonds is 8. The van der Waals surface area contributed by atoms with Crippen LogP contribution in [0, 0.1) is 0 Å². The van der Waals surface area contributed by atoms with Crippen molar-refractivity contribution < 1.29 is 18.3 Å². The van der Waals surface area contributed by atoms with Gasteiger partial charge in [0.05, 0.1) is 12.2 Å². The molecule has 0 saturated heterocycles. The Bertz CT molecular complexity index is 286. The van der Waals surface area contributed by atoms with Crippen LogP contribution in [0.3, 0.4) is 0 Å². The molecule has 0 saturated carbocycles. The summed E-state index contributed by atoms with van der Waals surface area (Å²) < 4.78 is 24.6. The summed E-state index contributed by atoms with van der Waals surface area (Å²) in [5.74, 6) is -1.38. The number of carboxylic acids is 1. The maximum Gasteiger partial charge on any atom is 0.304 e. The van der Waals surface area contributed by atoms with Gasteiger partial charge in [-0.05, 0) is 6.42 Å². The Morgan fingerprint density at radius 3 is 2.33 bits per heavy atom. The van der Waals surface area contributed by atoms with Crippen LogP contribution in [-0.2, 0) is 14.8 Å². The number of carboxylic acid groups (broad SMARTS) is 1. The minimum atomic E-state index is -3.39. The third-order valence-electron chi connectivity index (χ3n) is 2.08. The van der Waals surface area contributed by atoms with Gasteiger partial charge < -0.3 is 5.11 Å². The van der Waals surface area contributed by atoms with Crippen molar-refractivity contribution in [3.05, 3.63) is 0 Å². The van der Waals surface area contributed by atoms with Crippen molar-refractivity contribution in [1.29, 1.82) is 0 Å². The van der Waals surface area contributed by atoms with Crippen LogP contribution >= 0.6 is 0 Å². The van der Waals surface area contributed by atoms with Gasteiger partial charge in [-0.1, -0.05) is 20.3 Å². The largest absolute Gasteiger partial charge is 0.481 e. The summed E-state index contributed by atoms with van der Waals surface area (Å²) in [5.41, 5.74) is 0. The van der Waals surface area contributed by atoms with E-state index in [0.29, 0.717) is 13.1 Å². The molecule has 90 valence electrons. The first-order valence-electron chi connectivity index (χ1n) is 5.13. The Morgan fingerprint density at radius 1 is 1.33 bits per heavy atom. The van der Waals surface area contributed by atoms with E-state index in [1.54, 1.807) is 6.92 Å². The molecule has 0 aromatic rings. The van der Waals surface area contributed by atoms with Crippen molar-refractivity contribution in [3.8, 4) is 0 Å². The maximum atomic E-state index is 11.6. The summed E-state index contributed by atoms with van der Waals surface area (Å²) in [7, 11) is -3.39. The standard InChI is InChI=1S/C9H19NO4S/c1-3-5-7-10(4-2)15(13,14)8-6-9(11)12/h3-8H2,1-2H3,(H,11,12). The van der Waals surface area contributed by atoms with E-state index >= 15 is 0 Å². The Balaban J connectivity index is 4.31. The predicted octanol–water partition coefficient (Wildman–Crippen LogP) is 0.913. The second kappa shape index (κ2) is 6.79. The van der Waals surface area contributed by atoms with E-state index in [4.69, 9.17) is 5.11 Å². The van der Waals surface area contributed by atoms with Crippen LogP contribution in [0.25, 0.3) is 0 Å². The molecule has 0 radical (unpaired) electrons. The van der Waals surface area contributed by atoms with E-state index in [0.717, 1.165) is 12.8 Å². The highest BCUT2D eigenvalue weighted by molar-refractivity contribution is 7.89. The zero-order valence-corrected chi connectivity index (χ0v) is 10.1. The first kappa shape index (κ1) is 14.4. The van der Waals surface area contributed by atoms with Crippen molar-refractivity contribution >= 4 is 16.0 Å². The summed E-state index contributed by atoms with van der Waals surface area (Å²) in [6, 6.07) is 0. The van der Waals surface area contributed by atoms with E-state index in [1.807, 2.05) is 6.92 Å². The average Bonchev–Trinajstić information content (AvgIpc) is 2.16. The Kier molecular flexibility index (Phi) is 6.51. The molecule has 0 fully saturated rings. The summed E-state index contributed by atoms with van der Waals surface area (Å²) in [5, 5.41) is 8.42. The minimum Gasteiger partial charge on any atom is -0.481 e. The number of carbonyl (C=O) groups is 1. The Morgan fingerprint density at radius 2 is 1.93 bits per heavy atom. The summed E-state index contributed by atoms with van der Waals surface area (Å²) in [4.78, 5) is 10.3. The number of hydrogen-bond acceptors (Lipinski definition) is 3. The monoisotopic (exact) mass is 237 g/mol. The zero-order chi connectivity index (χ0) is 11.9. The SMILES string of the molecule is CCCCN(CC)S(=O)(=O)CCC(=O)O. The molecule has 0 spiro atoms. The van der Waals surface area contributed by atoms with Gasteiger partial charge in [0.1, 0.15) is 0 Å². The van der Waals surface area contributed by atoms with E-state index < -0.39 is 16.0 Å². The minimum absolute atomic E-state index is 0.306. The molecule has 0 aliphatic carbocycles. The van der Waals surface area contributed by atoms with Gasteiger partial charge >= 0.3 is 5.97 Å². The molecule has 1 N–H and O–H groups in total. The maximum absolute atomic E-state index is 11.6. The second-order valence-corrected chi connectivity index (χ2v) is 5.39. The summed E-state index contributed by atoms with van der Waals surface area (Å²) in [6.45, 7) is 4.63. The first-order valence-corrected chi connectivity index (χ1v) is 6.74. The van der Waals surface area contributed by atoms with E-state index in [-0.39, 0.29) is 12.2 Å². The highest BCUT2D eigenvalue weighted by Gasteiger charge is 2.20. The molecular weight excluding hydrogens is 218 g/mol. The molecule has 0 aromatic carbocycles. The fourth-order valence-corrected chi connectivity index (χ4v) is 2.67. The van der Waals surface area contributed by atoms with Gasteiger partial charge in [-0.15, -0.1) is 0 Å². The zero-order valence-electron chi connectivity index (χ0n) is 9.27. The van der Waals surface area contributed by atoms with Gasteiger partial charge in [-0.3, -0.25) is 4.79 Å². The Labute approximate surface area is 91.1 Å². The third kappa shape index (κ3) is 5.74. The van der Waals surface area contributed by atoms with Gasteiger partial charge in [0.25, 0.3) is 0 Å². The molecule has 5 nitrogen and oxygen atoms in total. The molecule has 0 heterocycles. The molecule has 0 aliphatic rings. The second-order valence-electron chi connectivity index (χ2n) is 3.30. The molecule has 0 aromatic heterocycles. The lowest BCUT2D eigenvalue weighted by Gasteiger charge is -2.19. The quantitative estimate of drug-likeness (QED) is 0.681. The molecule has 0 aliphatic heterocycles. The molecular formula is C9H19NO4S. The summed E-state index contributed by atoms with van der Waals surface area (Å²) in [6.07, 6.45) is 1.40. The van der Waals surface area contributed by atoms with Crippen molar-refractivity contribution in [2.24, 2.45) is 0 Å². The normalized spacial score (nSPS) is 11.9. The number of aliphatic carboxylic acids is 1. The van der Waals surface area contributed by atoms with Gasteiger partial charge in [0.2, 0.25) is 10.0 Å². The predicted molar refractivity (Wildman–Crippen MR) is 58.2 cm³/mol. The van der Waals surface area contributed by atoms with Crippen molar-refractivity contribution in [2.45, 2.75) is 33.1 Å². The highest BCUT2D eigenvalue weighted by atomic mass is 32.2. The van der Waals surface area contributed by atoms with Crippen LogP contribution in [0.1, 0.15) is 33.1 Å². The topological polar surface area (TPSA) is 74.7 Å². The lowest BCUT2D eigenvalue weighted by Crippen LogP contribution is -2.34. The molecule has 15 heavy (non-hydrogen) atoms. The average molecular weight is 237 g/mol. The van der Waals surface area contributed by atoms with Crippen LogP contribution in [0.15, 0.2) is 0 Å². The van der Waals surface area contributed by atoms with Gasteiger partial charge in [0.15, 0.2) is 0 Å². The summed E-state index contributed by atoms with van der Waals surface area (Å²) >= 11 is 0. The molecule has 0 bridgehead atoms. The van der Waals surface area contributed by atoms with Gasteiger partial charge in [-0.25, -0.2) is 12.7 Å². The van der Waals surface area contributed by atoms with E-state index in [1.165, 1.54) is 4.31 Å². The van der Waals surface area contributed by atoms with Crippen LogP contribution in [0.5, 0.6) is 0 Å². The smallest absolute Gasteiger partial charge is 0.304 e. The fourth-order valence-electron chi connectivity index (χ4n) is 1.17. The number of unbranched alkanes of at least 4 members (excludes halogenated alkanes) is 1. The molecule has 0 unspecified atom stereocenters. The lowest BCUT2D eigenvalue weighted by atomic mass is 10.3. The molecule has 6 heteroatoms. The number of sulfonamides is 1. The van der Waals surface area contributed by atoms with Crippen LogP contribution < -0.4 is 0 Å². The fraction of sp³-hybridized carbons (Fsp3) is 0.889. The van der Waals surface area contributed by atoms with Crippen LogP contribution in [0.4, 0.5) is 0 Å². The van der Waals surface area contributed by atoms with E-state index in [9.17, 15) is 13.2 Å². The van der Waals surface area contributed by atoms with Gasteiger partial charge in [-0.2, -0.15) is 0 Å². The van der Waals surface area contributed by atoms with Crippen LogP contribution in [0.2, 0.25) is 0 Å². The molecule has 0 rings (SSSR count). The Hall–Kier alpha value is -0.620. The first-order chi connectivity index (χ1) is 6.94. The molecule has 0 amide bonds. The third-order valence-corrected chi connectivity index (χ3v) is 4.03. The van der Waals surface area contributed by atoms with Crippen molar-refractivity contribution in [3.63, 3.8) is 0 Å². The highest BCUT2D eigenvalue weighted by Crippen LogP contribution is 2.05. The van der Waals surface area contributed by atoms with Gasteiger partial charge in [0, 0.05) is 13.1 Å². The van der Waals surface area contributed by atoms with E-state index in [2.05, 4.69) is 0 Å². The van der Waals surface area contributed by atoms with Crippen LogP contribution in [-0.4, -0.2) is 42.6 Å². The van der Waals surface area contributed by atoms with Crippen molar-refractivity contribution in [2.75, 3.05) is 18.8 Å². The lowest BCUT2D eigenvalue weighted by molar-refractivity contribution is -0.136.